The van der Waals surface area contributed by atoms with Crippen molar-refractivity contribution < 1.29 is 9.53 Å². The van der Waals surface area contributed by atoms with Gasteiger partial charge in [0.2, 0.25) is 11.1 Å². The van der Waals surface area contributed by atoms with Gasteiger partial charge in [0.1, 0.15) is 11.9 Å². The third-order valence-corrected chi connectivity index (χ3v) is 4.96. The third kappa shape index (κ3) is 3.68. The molecule has 1 saturated heterocycles. The molecule has 8 heteroatoms. The van der Waals surface area contributed by atoms with Crippen LogP contribution in [0.2, 0.25) is 0 Å². The minimum Gasteiger partial charge on any atom is -0.367 e. The summed E-state index contributed by atoms with van der Waals surface area (Å²) in [6, 6.07) is 2.06. The Morgan fingerprint density at radius 1 is 1.59 bits per heavy atom. The number of aryl methyl sites for hydroxylation is 1. The van der Waals surface area contributed by atoms with Crippen LogP contribution in [-0.2, 0) is 9.53 Å². The van der Waals surface area contributed by atoms with E-state index in [1.807, 2.05) is 24.1 Å². The number of amides is 1. The maximum Gasteiger partial charge on any atom is 0.233 e. The minimum atomic E-state index is -0.0327. The normalized spacial score (nSPS) is 22.0. The van der Waals surface area contributed by atoms with Gasteiger partial charge in [-0.25, -0.2) is 4.98 Å². The number of carbonyl (C=O) groups is 1. The van der Waals surface area contributed by atoms with E-state index in [0.717, 1.165) is 11.4 Å². The summed E-state index contributed by atoms with van der Waals surface area (Å²) in [6.07, 6.45) is 0.00746. The van der Waals surface area contributed by atoms with Crippen LogP contribution in [-0.4, -0.2) is 50.9 Å². The highest BCUT2D eigenvalue weighted by molar-refractivity contribution is 7.99. The molecule has 2 aromatic heterocycles. The molecule has 0 radical (unpaired) electrons. The molecule has 1 fully saturated rings. The van der Waals surface area contributed by atoms with E-state index >= 15 is 0 Å². The fourth-order valence-electron chi connectivity index (χ4n) is 2.40. The van der Waals surface area contributed by atoms with E-state index in [1.165, 1.54) is 11.8 Å². The van der Waals surface area contributed by atoms with E-state index in [4.69, 9.17) is 4.74 Å². The molecule has 3 rings (SSSR count). The number of hydrogen-bond donors (Lipinski definition) is 1. The molecule has 0 saturated carbocycles. The first kappa shape index (κ1) is 15.5. The summed E-state index contributed by atoms with van der Waals surface area (Å²) in [5.41, 5.74) is 1.14. The number of thiophene rings is 1. The topological polar surface area (TPSA) is 71.1 Å². The Morgan fingerprint density at radius 3 is 3.14 bits per heavy atom. The number of rotatable bonds is 4. The number of hydrogen-bond acceptors (Lipinski definition) is 6. The summed E-state index contributed by atoms with van der Waals surface area (Å²) >= 11 is 3.01. The molecule has 2 aromatic rings. The van der Waals surface area contributed by atoms with Gasteiger partial charge in [0.15, 0.2) is 0 Å². The summed E-state index contributed by atoms with van der Waals surface area (Å²) < 4.78 is 5.95. The van der Waals surface area contributed by atoms with Crippen LogP contribution in [0.1, 0.15) is 24.4 Å². The first-order valence-corrected chi connectivity index (χ1v) is 9.02. The number of ether oxygens (including phenoxy) is 1. The quantitative estimate of drug-likeness (QED) is 0.866. The van der Waals surface area contributed by atoms with Crippen molar-refractivity contribution in [3.8, 4) is 0 Å². The minimum absolute atomic E-state index is 0.0327. The largest absolute Gasteiger partial charge is 0.367 e. The van der Waals surface area contributed by atoms with Crippen LogP contribution < -0.4 is 0 Å². The molecular weight excluding hydrogens is 320 g/mol. The molecule has 0 aromatic carbocycles. The average molecular weight is 338 g/mol. The van der Waals surface area contributed by atoms with Crippen molar-refractivity contribution in [2.24, 2.45) is 0 Å². The molecule has 6 nitrogen and oxygen atoms in total. The van der Waals surface area contributed by atoms with E-state index in [1.54, 1.807) is 11.3 Å². The predicted molar refractivity (Wildman–Crippen MR) is 86.0 cm³/mol. The second-order valence-electron chi connectivity index (χ2n) is 5.28. The monoisotopic (exact) mass is 338 g/mol. The first-order chi connectivity index (χ1) is 10.6. The van der Waals surface area contributed by atoms with Crippen molar-refractivity contribution in [2.45, 2.75) is 31.2 Å². The van der Waals surface area contributed by atoms with Gasteiger partial charge < -0.3 is 9.64 Å². The van der Waals surface area contributed by atoms with Gasteiger partial charge in [0, 0.05) is 6.54 Å². The first-order valence-electron chi connectivity index (χ1n) is 7.09. The molecule has 1 aliphatic heterocycles. The smallest absolute Gasteiger partial charge is 0.233 e. The van der Waals surface area contributed by atoms with Crippen LogP contribution in [0.15, 0.2) is 22.0 Å². The summed E-state index contributed by atoms with van der Waals surface area (Å²) in [7, 11) is 0. The second-order valence-corrected chi connectivity index (χ2v) is 7.01. The molecule has 118 valence electrons. The van der Waals surface area contributed by atoms with Gasteiger partial charge in [-0.2, -0.15) is 11.3 Å². The molecule has 1 amide bonds. The van der Waals surface area contributed by atoms with Crippen LogP contribution >= 0.6 is 23.1 Å². The Morgan fingerprint density at radius 2 is 2.45 bits per heavy atom. The summed E-state index contributed by atoms with van der Waals surface area (Å²) in [5.74, 6) is 1.20. The zero-order valence-corrected chi connectivity index (χ0v) is 14.1. The Balaban J connectivity index is 1.59. The van der Waals surface area contributed by atoms with E-state index in [2.05, 4.69) is 26.6 Å². The summed E-state index contributed by atoms with van der Waals surface area (Å²) in [6.45, 7) is 5.08. The number of aromatic nitrogens is 3. The standard InChI is InChI=1S/C14H18N4O2S2/c1-9-5-18(6-12(20-9)11-3-4-21-7-11)13(19)8-22-14-15-10(2)16-17-14/h3-4,7,9,12H,5-6,8H2,1-2H3,(H,15,16,17)/t9-,12+/m0/s1. The van der Waals surface area contributed by atoms with Gasteiger partial charge in [-0.15, -0.1) is 5.10 Å². The SMILES string of the molecule is Cc1nc(SCC(=O)N2C[C@H](C)O[C@@H](c3ccsc3)C2)n[nH]1. The molecule has 0 unspecified atom stereocenters. The Labute approximate surface area is 137 Å². The molecule has 2 atom stereocenters. The average Bonchev–Trinajstić information content (AvgIpc) is 3.15. The number of H-pyrrole nitrogens is 1. The van der Waals surface area contributed by atoms with E-state index in [0.29, 0.717) is 24.0 Å². The fourth-order valence-corrected chi connectivity index (χ4v) is 3.85. The number of aromatic amines is 1. The number of thioether (sulfide) groups is 1. The van der Waals surface area contributed by atoms with Gasteiger partial charge in [0.25, 0.3) is 0 Å². The van der Waals surface area contributed by atoms with Crippen LogP contribution in [0, 0.1) is 6.92 Å². The number of carbonyl (C=O) groups excluding carboxylic acids is 1. The molecular formula is C14H18N4O2S2. The highest BCUT2D eigenvalue weighted by Gasteiger charge is 2.29. The second kappa shape index (κ2) is 6.80. The van der Waals surface area contributed by atoms with Crippen LogP contribution in [0.4, 0.5) is 0 Å². The van der Waals surface area contributed by atoms with Crippen molar-refractivity contribution in [3.05, 3.63) is 28.2 Å². The van der Waals surface area contributed by atoms with E-state index in [-0.39, 0.29) is 18.1 Å². The lowest BCUT2D eigenvalue weighted by Gasteiger charge is -2.36. The molecule has 0 bridgehead atoms. The third-order valence-electron chi connectivity index (χ3n) is 3.43. The zero-order chi connectivity index (χ0) is 15.5. The van der Waals surface area contributed by atoms with Gasteiger partial charge in [-0.1, -0.05) is 11.8 Å². The Bertz CT molecular complexity index is 629. The summed E-state index contributed by atoms with van der Waals surface area (Å²) in [4.78, 5) is 18.5. The fraction of sp³-hybridized carbons (Fsp3) is 0.500. The van der Waals surface area contributed by atoms with Crippen LogP contribution in [0.3, 0.4) is 0 Å². The maximum absolute atomic E-state index is 12.4. The highest BCUT2D eigenvalue weighted by Crippen LogP contribution is 2.27. The molecule has 1 N–H and O–H groups in total. The highest BCUT2D eigenvalue weighted by atomic mass is 32.2. The van der Waals surface area contributed by atoms with Crippen LogP contribution in [0.25, 0.3) is 0 Å². The Hall–Kier alpha value is -1.38. The zero-order valence-electron chi connectivity index (χ0n) is 12.5. The molecule has 22 heavy (non-hydrogen) atoms. The molecule has 1 aliphatic rings. The van der Waals surface area contributed by atoms with E-state index in [9.17, 15) is 4.79 Å². The molecule has 3 heterocycles. The molecule has 0 spiro atoms. The lowest BCUT2D eigenvalue weighted by atomic mass is 10.1. The lowest BCUT2D eigenvalue weighted by Crippen LogP contribution is -2.46. The van der Waals surface area contributed by atoms with Gasteiger partial charge in [-0.3, -0.25) is 9.89 Å². The number of morpholine rings is 1. The maximum atomic E-state index is 12.4. The van der Waals surface area contributed by atoms with Crippen molar-refractivity contribution in [3.63, 3.8) is 0 Å². The van der Waals surface area contributed by atoms with Crippen molar-refractivity contribution in [1.82, 2.24) is 20.1 Å². The van der Waals surface area contributed by atoms with Gasteiger partial charge >= 0.3 is 0 Å². The lowest BCUT2D eigenvalue weighted by molar-refractivity contribution is -0.142. The van der Waals surface area contributed by atoms with Crippen LogP contribution in [0.5, 0.6) is 0 Å². The Kier molecular flexibility index (Phi) is 4.80. The van der Waals surface area contributed by atoms with Crippen molar-refractivity contribution in [2.75, 3.05) is 18.8 Å². The number of nitrogens with one attached hydrogen (secondary N) is 1. The van der Waals surface area contributed by atoms with Gasteiger partial charge in [-0.05, 0) is 36.2 Å². The number of nitrogens with zero attached hydrogens (tertiary/aromatic N) is 3. The van der Waals surface area contributed by atoms with Crippen molar-refractivity contribution >= 4 is 29.0 Å². The van der Waals surface area contributed by atoms with Gasteiger partial charge in [0.05, 0.1) is 18.4 Å². The predicted octanol–water partition coefficient (Wildman–Crippen LogP) is 2.26. The van der Waals surface area contributed by atoms with Crippen molar-refractivity contribution in [1.29, 1.82) is 0 Å². The van der Waals surface area contributed by atoms with E-state index < -0.39 is 0 Å². The summed E-state index contributed by atoms with van der Waals surface area (Å²) in [5, 5.41) is 11.5. The molecule has 0 aliphatic carbocycles.